The molecule has 4 N–H and O–H groups in total. The molecule has 0 amide bonds. The van der Waals surface area contributed by atoms with Crippen molar-refractivity contribution in [3.05, 3.63) is 63.0 Å². The maximum atomic E-state index is 13.5. The lowest BCUT2D eigenvalue weighted by atomic mass is 9.95. The highest BCUT2D eigenvalue weighted by atomic mass is 16.5. The van der Waals surface area contributed by atoms with Crippen LogP contribution in [0.15, 0.2) is 39.5 Å². The number of benzene rings is 2. The Bertz CT molecular complexity index is 1180. The van der Waals surface area contributed by atoms with Crippen LogP contribution in [-0.2, 0) is 19.4 Å². The molecule has 4 rings (SSSR count). The summed E-state index contributed by atoms with van der Waals surface area (Å²) in [6.45, 7) is 2.89. The minimum Gasteiger partial charge on any atom is -0.495 e. The van der Waals surface area contributed by atoms with E-state index in [2.05, 4.69) is 5.48 Å². The zero-order chi connectivity index (χ0) is 22.3. The van der Waals surface area contributed by atoms with Crippen molar-refractivity contribution in [2.45, 2.75) is 45.0 Å². The monoisotopic (exact) mass is 427 g/mol. The quantitative estimate of drug-likeness (QED) is 0.443. The lowest BCUT2D eigenvalue weighted by molar-refractivity contribution is -0.0229. The minimum absolute atomic E-state index is 0.167. The highest BCUT2D eigenvalue weighted by Gasteiger charge is 2.38. The van der Waals surface area contributed by atoms with Crippen molar-refractivity contribution in [2.24, 2.45) is 0 Å². The molecule has 3 aromatic rings. The van der Waals surface area contributed by atoms with Crippen molar-refractivity contribution in [1.29, 1.82) is 0 Å². The second-order valence-corrected chi connectivity index (χ2v) is 8.20. The molecule has 0 saturated heterocycles. The predicted molar refractivity (Wildman–Crippen MR) is 114 cm³/mol. The van der Waals surface area contributed by atoms with E-state index in [1.54, 1.807) is 44.2 Å². The first-order chi connectivity index (χ1) is 14.8. The lowest BCUT2D eigenvalue weighted by Gasteiger charge is -2.24. The minimum atomic E-state index is -1.08. The Balaban J connectivity index is 1.87. The standard InChI is InChI=1S/C23H25NO7/c1-23(2,27)19-9-15-16(31-19)10-17-20(22(15)29-3)21(26)14(18(11-25)30-17)8-12-4-6-13(24-28)7-5-12/h4-7,10,19,24-25,27-28H,8-9,11H2,1-3H3/t19-/m0/s1. The highest BCUT2D eigenvalue weighted by molar-refractivity contribution is 5.88. The average Bonchev–Trinajstić information content (AvgIpc) is 3.19. The van der Waals surface area contributed by atoms with Gasteiger partial charge in [0.25, 0.3) is 0 Å². The first kappa shape index (κ1) is 21.2. The van der Waals surface area contributed by atoms with Gasteiger partial charge in [0.05, 0.1) is 18.4 Å². The maximum Gasteiger partial charge on any atom is 0.200 e. The van der Waals surface area contributed by atoms with Gasteiger partial charge in [-0.15, -0.1) is 0 Å². The van der Waals surface area contributed by atoms with Gasteiger partial charge in [-0.3, -0.25) is 15.5 Å². The summed E-state index contributed by atoms with van der Waals surface area (Å²) in [7, 11) is 1.48. The summed E-state index contributed by atoms with van der Waals surface area (Å²) in [5.74, 6) is 1.02. The first-order valence-corrected chi connectivity index (χ1v) is 9.94. The molecule has 1 aliphatic rings. The third-order valence-corrected chi connectivity index (χ3v) is 5.64. The summed E-state index contributed by atoms with van der Waals surface area (Å²) in [5.41, 5.74) is 3.32. The van der Waals surface area contributed by atoms with Gasteiger partial charge in [0.2, 0.25) is 0 Å². The molecule has 8 nitrogen and oxygen atoms in total. The number of anilines is 1. The molecule has 1 atom stereocenters. The zero-order valence-corrected chi connectivity index (χ0v) is 17.6. The number of rotatable bonds is 6. The Labute approximate surface area is 178 Å². The van der Waals surface area contributed by atoms with Crippen molar-refractivity contribution in [1.82, 2.24) is 0 Å². The van der Waals surface area contributed by atoms with Crippen molar-refractivity contribution in [2.75, 3.05) is 12.6 Å². The van der Waals surface area contributed by atoms with Crippen LogP contribution in [0.4, 0.5) is 5.69 Å². The molecule has 0 fully saturated rings. The van der Waals surface area contributed by atoms with E-state index in [-0.39, 0.29) is 28.6 Å². The fourth-order valence-electron chi connectivity index (χ4n) is 3.93. The molecule has 0 spiro atoms. The fourth-order valence-corrected chi connectivity index (χ4v) is 3.93. The van der Waals surface area contributed by atoms with Crippen LogP contribution in [0, 0.1) is 0 Å². The van der Waals surface area contributed by atoms with Gasteiger partial charge in [0, 0.05) is 30.0 Å². The molecular formula is C23H25NO7. The van der Waals surface area contributed by atoms with Crippen LogP contribution >= 0.6 is 0 Å². The molecule has 2 heterocycles. The van der Waals surface area contributed by atoms with E-state index in [1.807, 2.05) is 0 Å². The molecule has 0 radical (unpaired) electrons. The molecular weight excluding hydrogens is 402 g/mol. The summed E-state index contributed by atoms with van der Waals surface area (Å²) >= 11 is 0. The van der Waals surface area contributed by atoms with E-state index in [0.29, 0.717) is 34.7 Å². The van der Waals surface area contributed by atoms with Crippen LogP contribution in [0.3, 0.4) is 0 Å². The van der Waals surface area contributed by atoms with Gasteiger partial charge in [0.1, 0.15) is 40.9 Å². The first-order valence-electron chi connectivity index (χ1n) is 9.94. The third-order valence-electron chi connectivity index (χ3n) is 5.64. The third kappa shape index (κ3) is 3.74. The zero-order valence-electron chi connectivity index (χ0n) is 17.6. The Morgan fingerprint density at radius 2 is 1.97 bits per heavy atom. The molecule has 2 aromatic carbocycles. The highest BCUT2D eigenvalue weighted by Crippen LogP contribution is 2.43. The van der Waals surface area contributed by atoms with E-state index < -0.39 is 18.3 Å². The molecule has 164 valence electrons. The Hall–Kier alpha value is -3.07. The molecule has 0 saturated carbocycles. The summed E-state index contributed by atoms with van der Waals surface area (Å²) in [4.78, 5) is 13.5. The SMILES string of the molecule is COc1c2c(cc3oc(CO)c(Cc4ccc(NO)cc4)c(=O)c13)O[C@H](C(C)(C)O)C2. The van der Waals surface area contributed by atoms with Gasteiger partial charge in [-0.05, 0) is 31.5 Å². The Morgan fingerprint density at radius 3 is 2.55 bits per heavy atom. The molecule has 1 aliphatic heterocycles. The van der Waals surface area contributed by atoms with Gasteiger partial charge < -0.3 is 24.1 Å². The van der Waals surface area contributed by atoms with Crippen LogP contribution in [-0.4, -0.2) is 34.2 Å². The van der Waals surface area contributed by atoms with E-state index in [1.165, 1.54) is 7.11 Å². The van der Waals surface area contributed by atoms with E-state index in [0.717, 1.165) is 5.56 Å². The van der Waals surface area contributed by atoms with E-state index >= 15 is 0 Å². The summed E-state index contributed by atoms with van der Waals surface area (Å²) in [5, 5.41) is 29.5. The number of fused-ring (bicyclic) bond motifs is 2. The number of aliphatic hydroxyl groups excluding tert-OH is 1. The van der Waals surface area contributed by atoms with Crippen molar-refractivity contribution in [3.8, 4) is 11.5 Å². The van der Waals surface area contributed by atoms with E-state index in [4.69, 9.17) is 19.1 Å². The van der Waals surface area contributed by atoms with Crippen molar-refractivity contribution >= 4 is 16.7 Å². The van der Waals surface area contributed by atoms with Crippen LogP contribution < -0.4 is 20.4 Å². The second kappa shape index (κ2) is 7.88. The van der Waals surface area contributed by atoms with Gasteiger partial charge in [-0.2, -0.15) is 0 Å². The van der Waals surface area contributed by atoms with E-state index in [9.17, 15) is 15.0 Å². The Morgan fingerprint density at radius 1 is 1.26 bits per heavy atom. The largest absolute Gasteiger partial charge is 0.495 e. The number of ether oxygens (including phenoxy) is 2. The fraction of sp³-hybridized carbons (Fsp3) is 0.348. The maximum absolute atomic E-state index is 13.5. The van der Waals surface area contributed by atoms with Crippen molar-refractivity contribution < 1.29 is 29.3 Å². The van der Waals surface area contributed by atoms with Crippen LogP contribution in [0.1, 0.15) is 36.3 Å². The molecule has 0 bridgehead atoms. The van der Waals surface area contributed by atoms with Gasteiger partial charge >= 0.3 is 0 Å². The Kier molecular flexibility index (Phi) is 5.38. The van der Waals surface area contributed by atoms with Crippen molar-refractivity contribution in [3.63, 3.8) is 0 Å². The number of hydrogen-bond acceptors (Lipinski definition) is 8. The number of methoxy groups -OCH3 is 1. The summed E-state index contributed by atoms with van der Waals surface area (Å²) in [6, 6.07) is 8.51. The molecule has 0 aliphatic carbocycles. The molecule has 1 aromatic heterocycles. The molecule has 31 heavy (non-hydrogen) atoms. The average molecular weight is 427 g/mol. The topological polar surface area (TPSA) is 121 Å². The van der Waals surface area contributed by atoms with Crippen LogP contribution in [0.25, 0.3) is 11.0 Å². The lowest BCUT2D eigenvalue weighted by Crippen LogP contribution is -2.39. The second-order valence-electron chi connectivity index (χ2n) is 8.20. The number of aliphatic hydroxyl groups is 2. The summed E-state index contributed by atoms with van der Waals surface area (Å²) < 4.78 is 17.4. The molecule has 8 heteroatoms. The van der Waals surface area contributed by atoms with Gasteiger partial charge in [-0.25, -0.2) is 0 Å². The predicted octanol–water partition coefficient (Wildman–Crippen LogP) is 2.76. The van der Waals surface area contributed by atoms with Crippen LogP contribution in [0.2, 0.25) is 0 Å². The van der Waals surface area contributed by atoms with Gasteiger partial charge in [-0.1, -0.05) is 12.1 Å². The smallest absolute Gasteiger partial charge is 0.200 e. The van der Waals surface area contributed by atoms with Crippen LogP contribution in [0.5, 0.6) is 11.5 Å². The normalized spacial score (nSPS) is 15.6. The number of hydrogen-bond donors (Lipinski definition) is 4. The number of nitrogens with one attached hydrogen (secondary N) is 1. The molecule has 0 unspecified atom stereocenters. The van der Waals surface area contributed by atoms with Gasteiger partial charge in [0.15, 0.2) is 5.43 Å². The summed E-state index contributed by atoms with van der Waals surface area (Å²) in [6.07, 6.45) is 0.145.